The third-order valence-corrected chi connectivity index (χ3v) is 2.74. The van der Waals surface area contributed by atoms with Crippen molar-refractivity contribution in [1.82, 2.24) is 0 Å². The van der Waals surface area contributed by atoms with E-state index < -0.39 is 8.32 Å². The summed E-state index contributed by atoms with van der Waals surface area (Å²) in [5, 5.41) is 0. The van der Waals surface area contributed by atoms with Crippen molar-refractivity contribution in [1.29, 1.82) is 0 Å². The van der Waals surface area contributed by atoms with E-state index in [1.165, 1.54) is 0 Å². The predicted molar refractivity (Wildman–Crippen MR) is 38.3 cm³/mol. The summed E-state index contributed by atoms with van der Waals surface area (Å²) >= 11 is 5.39. The van der Waals surface area contributed by atoms with Crippen LogP contribution in [0.3, 0.4) is 0 Å². The van der Waals surface area contributed by atoms with Gasteiger partial charge in [0.05, 0.1) is 0 Å². The quantitative estimate of drug-likeness (QED) is 0.436. The van der Waals surface area contributed by atoms with Crippen molar-refractivity contribution in [2.45, 2.75) is 25.6 Å². The minimum atomic E-state index is -2.01. The fourth-order valence-corrected chi connectivity index (χ4v) is 1.88. The van der Waals surface area contributed by atoms with Crippen LogP contribution in [0.25, 0.3) is 0 Å². The van der Waals surface area contributed by atoms with E-state index in [-0.39, 0.29) is 0 Å². The van der Waals surface area contributed by atoms with E-state index in [0.29, 0.717) is 5.88 Å². The first kappa shape index (κ1) is 8.47. The van der Waals surface area contributed by atoms with Gasteiger partial charge in [0.25, 0.3) is 0 Å². The Labute approximate surface area is 56.8 Å². The van der Waals surface area contributed by atoms with Crippen LogP contribution >= 0.6 is 11.6 Å². The van der Waals surface area contributed by atoms with Crippen molar-refractivity contribution in [3.05, 3.63) is 0 Å². The zero-order valence-corrected chi connectivity index (χ0v) is 7.16. The molecule has 0 heterocycles. The standard InChI is InChI=1S/C5H12ClOSi/c1-8(2,7)5-3-4-6/h3-5H2,1-2H3. The van der Waals surface area contributed by atoms with Crippen LogP contribution in [0.5, 0.6) is 0 Å². The molecule has 0 unspecified atom stereocenters. The summed E-state index contributed by atoms with van der Waals surface area (Å²) in [7, 11) is -2.01. The molecule has 0 amide bonds. The number of halogens is 1. The lowest BCUT2D eigenvalue weighted by atomic mass is 10.6. The molecule has 0 saturated heterocycles. The maximum absolute atomic E-state index is 10.9. The summed E-state index contributed by atoms with van der Waals surface area (Å²) in [5.41, 5.74) is 0. The van der Waals surface area contributed by atoms with E-state index in [0.717, 1.165) is 12.5 Å². The minimum absolute atomic E-state index is 0.638. The zero-order valence-electron chi connectivity index (χ0n) is 5.41. The molecule has 0 rings (SSSR count). The van der Waals surface area contributed by atoms with Crippen molar-refractivity contribution >= 4 is 19.9 Å². The Hall–Kier alpha value is 0.467. The van der Waals surface area contributed by atoms with Gasteiger partial charge in [0.2, 0.25) is 8.32 Å². The molecule has 1 nitrogen and oxygen atoms in total. The van der Waals surface area contributed by atoms with Gasteiger partial charge in [-0.05, 0) is 25.6 Å². The maximum atomic E-state index is 10.9. The molecule has 0 aliphatic heterocycles. The molecule has 0 aromatic rings. The second-order valence-electron chi connectivity index (χ2n) is 2.55. The van der Waals surface area contributed by atoms with Gasteiger partial charge in [-0.25, -0.2) is 0 Å². The molecule has 0 spiro atoms. The highest BCUT2D eigenvalue weighted by Gasteiger charge is 2.17. The van der Waals surface area contributed by atoms with Gasteiger partial charge in [0.15, 0.2) is 0 Å². The molecular formula is C5H12ClOSi. The first-order chi connectivity index (χ1) is 3.56. The molecule has 49 valence electrons. The summed E-state index contributed by atoms with van der Waals surface area (Å²) < 4.78 is 0. The molecule has 0 aliphatic rings. The van der Waals surface area contributed by atoms with Crippen LogP contribution < -0.4 is 0 Å². The monoisotopic (exact) mass is 151 g/mol. The molecule has 0 aromatic heterocycles. The maximum Gasteiger partial charge on any atom is 0.231 e. The van der Waals surface area contributed by atoms with Crippen molar-refractivity contribution in [2.75, 3.05) is 5.88 Å². The summed E-state index contributed by atoms with van der Waals surface area (Å²) in [6.07, 6.45) is 0.893. The van der Waals surface area contributed by atoms with Gasteiger partial charge in [-0.3, -0.25) is 4.80 Å². The average Bonchev–Trinajstić information content (AvgIpc) is 1.59. The normalized spacial score (nSPS) is 12.0. The summed E-state index contributed by atoms with van der Waals surface area (Å²) in [5.74, 6) is 0.638. The van der Waals surface area contributed by atoms with Gasteiger partial charge in [-0.2, -0.15) is 0 Å². The largest absolute Gasteiger partial charge is 0.298 e. The Bertz CT molecular complexity index is 59.9. The highest BCUT2D eigenvalue weighted by molar-refractivity contribution is 6.69. The fourth-order valence-electron chi connectivity index (χ4n) is 0.493. The molecular weight excluding hydrogens is 140 g/mol. The van der Waals surface area contributed by atoms with Gasteiger partial charge in [-0.15, -0.1) is 11.6 Å². The van der Waals surface area contributed by atoms with E-state index in [1.807, 2.05) is 13.1 Å². The number of hydrogen-bond donors (Lipinski definition) is 0. The van der Waals surface area contributed by atoms with Crippen molar-refractivity contribution in [3.63, 3.8) is 0 Å². The van der Waals surface area contributed by atoms with E-state index >= 15 is 0 Å². The fraction of sp³-hybridized carbons (Fsp3) is 1.00. The number of alkyl halides is 1. The lowest BCUT2D eigenvalue weighted by molar-refractivity contribution is 0.427. The number of hydrogen-bond acceptors (Lipinski definition) is 0. The van der Waals surface area contributed by atoms with Crippen LogP contribution in [0.4, 0.5) is 0 Å². The molecule has 0 atom stereocenters. The summed E-state index contributed by atoms with van der Waals surface area (Å²) in [6, 6.07) is 0.816. The van der Waals surface area contributed by atoms with Gasteiger partial charge >= 0.3 is 0 Å². The molecule has 0 N–H and O–H groups in total. The Morgan fingerprint density at radius 1 is 1.50 bits per heavy atom. The minimum Gasteiger partial charge on any atom is -0.298 e. The van der Waals surface area contributed by atoms with Crippen molar-refractivity contribution in [3.8, 4) is 0 Å². The Kier molecular flexibility index (Phi) is 3.69. The molecule has 3 heteroatoms. The Balaban J connectivity index is 3.11. The number of rotatable bonds is 3. The Morgan fingerprint density at radius 3 is 2.12 bits per heavy atom. The highest BCUT2D eigenvalue weighted by Crippen LogP contribution is 2.08. The smallest absolute Gasteiger partial charge is 0.231 e. The van der Waals surface area contributed by atoms with Crippen molar-refractivity contribution in [2.24, 2.45) is 0 Å². The van der Waals surface area contributed by atoms with E-state index in [4.69, 9.17) is 11.6 Å². The van der Waals surface area contributed by atoms with Crippen LogP contribution in [0, 0.1) is 0 Å². The zero-order chi connectivity index (χ0) is 6.62. The predicted octanol–water partition coefficient (Wildman–Crippen LogP) is 2.25. The topological polar surface area (TPSA) is 19.9 Å². The molecule has 0 bridgehead atoms. The van der Waals surface area contributed by atoms with Crippen LogP contribution in [0.15, 0.2) is 0 Å². The second-order valence-corrected chi connectivity index (χ2v) is 6.95. The van der Waals surface area contributed by atoms with Crippen LogP contribution in [-0.4, -0.2) is 14.2 Å². The molecule has 0 aromatic carbocycles. The van der Waals surface area contributed by atoms with Gasteiger partial charge in [0, 0.05) is 5.88 Å². The first-order valence-electron chi connectivity index (χ1n) is 2.82. The molecule has 0 saturated carbocycles. The van der Waals surface area contributed by atoms with Crippen molar-refractivity contribution < 1.29 is 4.80 Å². The third-order valence-electron chi connectivity index (χ3n) is 0.912. The van der Waals surface area contributed by atoms with E-state index in [9.17, 15) is 4.80 Å². The second kappa shape index (κ2) is 3.48. The first-order valence-corrected chi connectivity index (χ1v) is 6.47. The summed E-state index contributed by atoms with van der Waals surface area (Å²) in [4.78, 5) is 10.9. The van der Waals surface area contributed by atoms with Gasteiger partial charge < -0.3 is 0 Å². The van der Waals surface area contributed by atoms with Crippen LogP contribution in [-0.2, 0) is 4.80 Å². The van der Waals surface area contributed by atoms with E-state index in [2.05, 4.69) is 0 Å². The molecule has 0 aliphatic carbocycles. The molecule has 1 radical (unpaired) electrons. The SMILES string of the molecule is C[Si](C)([O])CCCCl. The third kappa shape index (κ3) is 6.47. The van der Waals surface area contributed by atoms with Gasteiger partial charge in [-0.1, -0.05) is 0 Å². The van der Waals surface area contributed by atoms with Crippen LogP contribution in [0.1, 0.15) is 6.42 Å². The lowest BCUT2D eigenvalue weighted by Crippen LogP contribution is -2.22. The van der Waals surface area contributed by atoms with Crippen LogP contribution in [0.2, 0.25) is 19.1 Å². The van der Waals surface area contributed by atoms with E-state index in [1.54, 1.807) is 0 Å². The summed E-state index contributed by atoms with van der Waals surface area (Å²) in [6.45, 7) is 3.64. The Morgan fingerprint density at radius 2 is 2.00 bits per heavy atom. The van der Waals surface area contributed by atoms with Gasteiger partial charge in [0.1, 0.15) is 0 Å². The highest BCUT2D eigenvalue weighted by atomic mass is 35.5. The lowest BCUT2D eigenvalue weighted by Gasteiger charge is -2.07. The molecule has 0 fully saturated rings. The average molecular weight is 152 g/mol. The molecule has 8 heavy (non-hydrogen) atoms.